The van der Waals surface area contributed by atoms with Gasteiger partial charge in [0.2, 0.25) is 0 Å². The number of anilines is 1. The molecule has 1 aliphatic heterocycles. The topological polar surface area (TPSA) is 88.2 Å². The maximum absolute atomic E-state index is 13.6. The van der Waals surface area contributed by atoms with E-state index in [0.717, 1.165) is 5.56 Å². The molecule has 0 saturated heterocycles. The second-order valence-electron chi connectivity index (χ2n) is 8.29. The molecule has 8 nitrogen and oxygen atoms in total. The fraction of sp³-hybridized carbons (Fsp3) is 0.400. The summed E-state index contributed by atoms with van der Waals surface area (Å²) in [5, 5.41) is 2.90. The summed E-state index contributed by atoms with van der Waals surface area (Å²) in [6.45, 7) is 7.95. The van der Waals surface area contributed by atoms with E-state index in [0.29, 0.717) is 22.0 Å². The number of benzene rings is 2. The summed E-state index contributed by atoms with van der Waals surface area (Å²) in [6, 6.07) is 11.7. The number of carbonyl (C=O) groups is 3. The first-order valence-electron chi connectivity index (χ1n) is 11.3. The molecule has 182 valence electrons. The normalized spacial score (nSPS) is 15.4. The van der Waals surface area contributed by atoms with Gasteiger partial charge in [0.25, 0.3) is 5.91 Å². The average Bonchev–Trinajstić information content (AvgIpc) is 2.93. The van der Waals surface area contributed by atoms with Gasteiger partial charge in [-0.25, -0.2) is 4.79 Å². The van der Waals surface area contributed by atoms with E-state index in [9.17, 15) is 14.4 Å². The first kappa shape index (κ1) is 25.4. The van der Waals surface area contributed by atoms with Gasteiger partial charge in [-0.2, -0.15) is 0 Å². The molecule has 0 aromatic heterocycles. The van der Waals surface area contributed by atoms with Crippen LogP contribution in [0.3, 0.4) is 0 Å². The Balaban J connectivity index is 1.86. The minimum Gasteiger partial charge on any atom is -0.491 e. The van der Waals surface area contributed by atoms with Crippen molar-refractivity contribution in [3.05, 3.63) is 58.6 Å². The van der Waals surface area contributed by atoms with Crippen LogP contribution in [0.1, 0.15) is 43.6 Å². The first-order valence-corrected chi connectivity index (χ1v) is 11.6. The van der Waals surface area contributed by atoms with Crippen molar-refractivity contribution in [3.63, 3.8) is 0 Å². The fourth-order valence-electron chi connectivity index (χ4n) is 3.79. The van der Waals surface area contributed by atoms with Crippen molar-refractivity contribution in [2.75, 3.05) is 24.6 Å². The number of ether oxygens (including phenoxy) is 2. The first-order chi connectivity index (χ1) is 16.2. The molecule has 0 radical (unpaired) electrons. The lowest BCUT2D eigenvalue weighted by atomic mass is 10.1. The number of para-hydroxylation sites is 1. The minimum atomic E-state index is -0.505. The molecule has 0 aliphatic carbocycles. The van der Waals surface area contributed by atoms with Gasteiger partial charge in [0.15, 0.2) is 0 Å². The molecule has 0 spiro atoms. The summed E-state index contributed by atoms with van der Waals surface area (Å²) in [7, 11) is 0. The summed E-state index contributed by atoms with van der Waals surface area (Å²) >= 11 is 6.46. The Morgan fingerprint density at radius 1 is 1.18 bits per heavy atom. The minimum absolute atomic E-state index is 0.0168. The molecule has 2 aromatic carbocycles. The maximum atomic E-state index is 13.6. The van der Waals surface area contributed by atoms with Crippen LogP contribution in [0, 0.1) is 0 Å². The number of urea groups is 1. The highest BCUT2D eigenvalue weighted by atomic mass is 35.5. The van der Waals surface area contributed by atoms with Gasteiger partial charge in [-0.1, -0.05) is 29.8 Å². The molecule has 1 heterocycles. The van der Waals surface area contributed by atoms with Crippen molar-refractivity contribution in [2.45, 2.75) is 46.4 Å². The lowest BCUT2D eigenvalue weighted by molar-refractivity contribution is -0.141. The summed E-state index contributed by atoms with van der Waals surface area (Å²) in [5.41, 5.74) is 1.86. The highest BCUT2D eigenvalue weighted by Gasteiger charge is 2.32. The molecule has 1 atom stereocenters. The van der Waals surface area contributed by atoms with Crippen LogP contribution in [0.25, 0.3) is 0 Å². The number of nitrogens with zero attached hydrogens (tertiary/aromatic N) is 2. The second kappa shape index (κ2) is 11.2. The lowest BCUT2D eigenvalue weighted by Crippen LogP contribution is -2.49. The third-order valence-electron chi connectivity index (χ3n) is 5.34. The molecule has 0 fully saturated rings. The van der Waals surface area contributed by atoms with Gasteiger partial charge in [-0.3, -0.25) is 9.59 Å². The highest BCUT2D eigenvalue weighted by molar-refractivity contribution is 6.34. The monoisotopic (exact) mass is 487 g/mol. The standard InChI is InChI=1S/C25H30ClN3O5/c1-5-33-23(30)13-27-25(32)28-15-18-8-6-7-9-22(18)29(14-17(28)4)24(31)20-11-10-19(12-21(20)26)34-16(2)3/h6-12,16-17H,5,13-15H2,1-4H3,(H,27,32). The Bertz CT molecular complexity index is 1060. The van der Waals surface area contributed by atoms with Crippen molar-refractivity contribution in [2.24, 2.45) is 0 Å². The number of fused-ring (bicyclic) bond motifs is 1. The van der Waals surface area contributed by atoms with Crippen LogP contribution >= 0.6 is 11.6 Å². The van der Waals surface area contributed by atoms with Crippen LogP contribution in [0.5, 0.6) is 5.75 Å². The van der Waals surface area contributed by atoms with E-state index in [1.807, 2.05) is 45.0 Å². The predicted molar refractivity (Wildman–Crippen MR) is 130 cm³/mol. The third kappa shape index (κ3) is 5.99. The number of amides is 3. The zero-order valence-corrected chi connectivity index (χ0v) is 20.6. The molecule has 34 heavy (non-hydrogen) atoms. The Hall–Kier alpha value is -3.26. The van der Waals surface area contributed by atoms with Crippen molar-refractivity contribution in [1.82, 2.24) is 10.2 Å². The maximum Gasteiger partial charge on any atom is 0.325 e. The molecule has 1 aliphatic rings. The van der Waals surface area contributed by atoms with Gasteiger partial charge in [0, 0.05) is 24.8 Å². The smallest absolute Gasteiger partial charge is 0.325 e. The van der Waals surface area contributed by atoms with Gasteiger partial charge in [-0.05, 0) is 57.5 Å². The summed E-state index contributed by atoms with van der Waals surface area (Å²) in [5.74, 6) is -0.185. The molecule has 1 N–H and O–H groups in total. The number of hydrogen-bond acceptors (Lipinski definition) is 5. The van der Waals surface area contributed by atoms with Crippen LogP contribution in [0.15, 0.2) is 42.5 Å². The van der Waals surface area contributed by atoms with E-state index in [2.05, 4.69) is 5.32 Å². The lowest BCUT2D eigenvalue weighted by Gasteiger charge is -2.29. The van der Waals surface area contributed by atoms with Gasteiger partial charge >= 0.3 is 12.0 Å². The quantitative estimate of drug-likeness (QED) is 0.615. The van der Waals surface area contributed by atoms with Crippen LogP contribution in [0.4, 0.5) is 10.5 Å². The largest absolute Gasteiger partial charge is 0.491 e. The summed E-state index contributed by atoms with van der Waals surface area (Å²) < 4.78 is 10.5. The van der Waals surface area contributed by atoms with Gasteiger partial charge in [0.05, 0.1) is 23.3 Å². The zero-order valence-electron chi connectivity index (χ0n) is 19.8. The zero-order chi connectivity index (χ0) is 24.8. The van der Waals surface area contributed by atoms with Crippen LogP contribution in [-0.4, -0.2) is 54.6 Å². The molecule has 2 aromatic rings. The van der Waals surface area contributed by atoms with E-state index in [4.69, 9.17) is 21.1 Å². The second-order valence-corrected chi connectivity index (χ2v) is 8.70. The third-order valence-corrected chi connectivity index (χ3v) is 5.65. The molecule has 9 heteroatoms. The Kier molecular flexibility index (Phi) is 8.39. The number of nitrogens with one attached hydrogen (secondary N) is 1. The Morgan fingerprint density at radius 2 is 1.91 bits per heavy atom. The van der Waals surface area contributed by atoms with E-state index in [-0.39, 0.29) is 44.3 Å². The van der Waals surface area contributed by atoms with Gasteiger partial charge in [0.1, 0.15) is 12.3 Å². The summed E-state index contributed by atoms with van der Waals surface area (Å²) in [4.78, 5) is 41.4. The Morgan fingerprint density at radius 3 is 2.59 bits per heavy atom. The number of halogens is 1. The van der Waals surface area contributed by atoms with Crippen molar-refractivity contribution in [1.29, 1.82) is 0 Å². The van der Waals surface area contributed by atoms with E-state index >= 15 is 0 Å². The Labute approximate surface area is 204 Å². The van der Waals surface area contributed by atoms with E-state index < -0.39 is 12.0 Å². The average molecular weight is 488 g/mol. The van der Waals surface area contributed by atoms with Crippen molar-refractivity contribution >= 4 is 35.2 Å². The molecule has 0 saturated carbocycles. The van der Waals surface area contributed by atoms with Crippen LogP contribution in [-0.2, 0) is 16.1 Å². The molecule has 1 unspecified atom stereocenters. The fourth-order valence-corrected chi connectivity index (χ4v) is 4.05. The number of carbonyl (C=O) groups excluding carboxylic acids is 3. The van der Waals surface area contributed by atoms with Crippen molar-refractivity contribution < 1.29 is 23.9 Å². The number of hydrogen-bond donors (Lipinski definition) is 1. The van der Waals surface area contributed by atoms with Gasteiger partial charge in [-0.15, -0.1) is 0 Å². The molecule has 3 amide bonds. The molecule has 3 rings (SSSR count). The SMILES string of the molecule is CCOC(=O)CNC(=O)N1Cc2ccccc2N(C(=O)c2ccc(OC(C)C)cc2Cl)CC1C. The van der Waals surface area contributed by atoms with Crippen LogP contribution in [0.2, 0.25) is 5.02 Å². The van der Waals surface area contributed by atoms with E-state index in [1.165, 1.54) is 0 Å². The van der Waals surface area contributed by atoms with E-state index in [1.54, 1.807) is 34.9 Å². The van der Waals surface area contributed by atoms with Gasteiger partial charge < -0.3 is 24.6 Å². The van der Waals surface area contributed by atoms with Crippen LogP contribution < -0.4 is 15.0 Å². The van der Waals surface area contributed by atoms with Crippen molar-refractivity contribution in [3.8, 4) is 5.75 Å². The molecular formula is C25H30ClN3O5. The molecular weight excluding hydrogens is 458 g/mol. The molecule has 0 bridgehead atoms. The predicted octanol–water partition coefficient (Wildman–Crippen LogP) is 4.25. The number of esters is 1. The summed E-state index contributed by atoms with van der Waals surface area (Å²) in [6.07, 6.45) is -0.0168. The number of rotatable bonds is 6. The highest BCUT2D eigenvalue weighted by Crippen LogP contribution is 2.31.